The normalized spacial score (nSPS) is 26.0. The number of furan rings is 1. The smallest absolute Gasteiger partial charge is 0.194 e. The summed E-state index contributed by atoms with van der Waals surface area (Å²) in [5.74, 6) is 2.09. The molecule has 4 heterocycles. The van der Waals surface area contributed by atoms with Crippen LogP contribution in [0.25, 0.3) is 0 Å². The summed E-state index contributed by atoms with van der Waals surface area (Å²) < 4.78 is 11.3. The third-order valence-electron chi connectivity index (χ3n) is 6.48. The van der Waals surface area contributed by atoms with Gasteiger partial charge in [0, 0.05) is 38.8 Å². The van der Waals surface area contributed by atoms with Gasteiger partial charge in [0.2, 0.25) is 0 Å². The van der Waals surface area contributed by atoms with Gasteiger partial charge in [0.15, 0.2) is 5.96 Å². The van der Waals surface area contributed by atoms with Crippen molar-refractivity contribution in [2.24, 2.45) is 4.99 Å². The minimum atomic E-state index is 0.233. The zero-order chi connectivity index (χ0) is 19.9. The van der Waals surface area contributed by atoms with Crippen LogP contribution in [-0.4, -0.2) is 92.3 Å². The van der Waals surface area contributed by atoms with Crippen LogP contribution in [0.1, 0.15) is 44.4 Å². The van der Waals surface area contributed by atoms with Crippen LogP contribution >= 0.6 is 0 Å². The molecule has 29 heavy (non-hydrogen) atoms. The number of nitrogens with one attached hydrogen (secondary N) is 1. The van der Waals surface area contributed by atoms with Gasteiger partial charge in [0.25, 0.3) is 0 Å². The van der Waals surface area contributed by atoms with Crippen LogP contribution in [0.2, 0.25) is 0 Å². The van der Waals surface area contributed by atoms with Crippen molar-refractivity contribution < 1.29 is 9.15 Å². The van der Waals surface area contributed by atoms with Gasteiger partial charge in [0.05, 0.1) is 32.1 Å². The van der Waals surface area contributed by atoms with Crippen LogP contribution in [-0.2, 0) is 4.74 Å². The van der Waals surface area contributed by atoms with Crippen molar-refractivity contribution in [3.63, 3.8) is 0 Å². The second kappa shape index (κ2) is 10.5. The van der Waals surface area contributed by atoms with Crippen molar-refractivity contribution in [3.05, 3.63) is 24.2 Å². The Morgan fingerprint density at radius 1 is 1.17 bits per heavy atom. The number of morpholine rings is 1. The van der Waals surface area contributed by atoms with Gasteiger partial charge >= 0.3 is 0 Å². The quantitative estimate of drug-likeness (QED) is 0.580. The number of ether oxygens (including phenoxy) is 1. The van der Waals surface area contributed by atoms with Crippen molar-refractivity contribution in [2.45, 2.75) is 44.7 Å². The van der Waals surface area contributed by atoms with E-state index in [1.807, 2.05) is 6.07 Å². The van der Waals surface area contributed by atoms with Crippen LogP contribution in [0.5, 0.6) is 0 Å². The standard InChI is InChI=1S/C22H37N5O2/c1-2-23-22(27-11-8-19(18-27)25-12-15-28-16-13-25)24-17-20(21-7-6-14-29-21)26-9-4-3-5-10-26/h6-7,14,19-20H,2-5,8-13,15-18H2,1H3,(H,23,24). The van der Waals surface area contributed by atoms with Gasteiger partial charge in [-0.1, -0.05) is 6.42 Å². The molecular weight excluding hydrogens is 366 g/mol. The minimum Gasteiger partial charge on any atom is -0.468 e. The van der Waals surface area contributed by atoms with E-state index in [4.69, 9.17) is 14.1 Å². The predicted molar refractivity (Wildman–Crippen MR) is 115 cm³/mol. The number of piperidine rings is 1. The summed E-state index contributed by atoms with van der Waals surface area (Å²) in [7, 11) is 0. The Kier molecular flexibility index (Phi) is 7.46. The number of rotatable bonds is 6. The van der Waals surface area contributed by atoms with Crippen LogP contribution in [0, 0.1) is 0 Å². The van der Waals surface area contributed by atoms with Gasteiger partial charge in [-0.05, 0) is 51.4 Å². The molecule has 0 radical (unpaired) electrons. The number of hydrogen-bond acceptors (Lipinski definition) is 5. The Morgan fingerprint density at radius 2 is 2.00 bits per heavy atom. The summed E-state index contributed by atoms with van der Waals surface area (Å²) >= 11 is 0. The number of aliphatic imine (C=N–C) groups is 1. The molecule has 1 aromatic rings. The molecule has 3 aliphatic rings. The Hall–Kier alpha value is -1.57. The lowest BCUT2D eigenvalue weighted by Gasteiger charge is -2.33. The molecule has 1 aromatic heterocycles. The predicted octanol–water partition coefficient (Wildman–Crippen LogP) is 2.18. The van der Waals surface area contributed by atoms with Gasteiger partial charge in [0.1, 0.15) is 5.76 Å². The molecule has 0 amide bonds. The largest absolute Gasteiger partial charge is 0.468 e. The molecule has 0 aromatic carbocycles. The summed E-state index contributed by atoms with van der Waals surface area (Å²) in [5, 5.41) is 3.54. The van der Waals surface area contributed by atoms with E-state index in [1.54, 1.807) is 6.26 Å². The Bertz CT molecular complexity index is 623. The van der Waals surface area contributed by atoms with Gasteiger partial charge in [-0.25, -0.2) is 0 Å². The topological polar surface area (TPSA) is 56.5 Å². The Balaban J connectivity index is 1.42. The number of nitrogens with zero attached hydrogens (tertiary/aromatic N) is 4. The first kappa shape index (κ1) is 20.7. The van der Waals surface area contributed by atoms with E-state index in [2.05, 4.69) is 33.0 Å². The fourth-order valence-electron chi connectivity index (χ4n) is 4.87. The summed E-state index contributed by atoms with van der Waals surface area (Å²) in [6, 6.07) is 4.95. The maximum Gasteiger partial charge on any atom is 0.194 e. The molecule has 1 N–H and O–H groups in total. The molecule has 2 atom stereocenters. The third kappa shape index (κ3) is 5.32. The van der Waals surface area contributed by atoms with E-state index >= 15 is 0 Å². The maximum absolute atomic E-state index is 5.80. The van der Waals surface area contributed by atoms with E-state index < -0.39 is 0 Å². The zero-order valence-electron chi connectivity index (χ0n) is 17.9. The number of hydrogen-bond donors (Lipinski definition) is 1. The van der Waals surface area contributed by atoms with Crippen molar-refractivity contribution in [3.8, 4) is 0 Å². The molecule has 2 unspecified atom stereocenters. The highest BCUT2D eigenvalue weighted by Gasteiger charge is 2.31. The Morgan fingerprint density at radius 3 is 2.72 bits per heavy atom. The van der Waals surface area contributed by atoms with Crippen molar-refractivity contribution >= 4 is 5.96 Å². The summed E-state index contributed by atoms with van der Waals surface area (Å²) in [4.78, 5) is 12.7. The molecule has 162 valence electrons. The zero-order valence-corrected chi connectivity index (χ0v) is 17.9. The average molecular weight is 404 g/mol. The molecule has 7 heteroatoms. The van der Waals surface area contributed by atoms with E-state index in [-0.39, 0.29) is 6.04 Å². The van der Waals surface area contributed by atoms with Crippen molar-refractivity contribution in [1.82, 2.24) is 20.0 Å². The van der Waals surface area contributed by atoms with E-state index in [9.17, 15) is 0 Å². The lowest BCUT2D eigenvalue weighted by Crippen LogP contribution is -2.47. The fraction of sp³-hybridized carbons (Fsp3) is 0.773. The molecule has 3 aliphatic heterocycles. The first-order valence-electron chi connectivity index (χ1n) is 11.5. The van der Waals surface area contributed by atoms with Crippen LogP contribution in [0.3, 0.4) is 0 Å². The minimum absolute atomic E-state index is 0.233. The Labute approximate surface area is 175 Å². The van der Waals surface area contributed by atoms with Crippen molar-refractivity contribution in [2.75, 3.05) is 65.6 Å². The van der Waals surface area contributed by atoms with Crippen LogP contribution in [0.4, 0.5) is 0 Å². The summed E-state index contributed by atoms with van der Waals surface area (Å²) in [5.41, 5.74) is 0. The van der Waals surface area contributed by atoms with E-state index in [0.717, 1.165) is 77.3 Å². The average Bonchev–Trinajstić information content (AvgIpc) is 3.47. The second-order valence-corrected chi connectivity index (χ2v) is 8.36. The lowest BCUT2D eigenvalue weighted by atomic mass is 10.1. The SMILES string of the molecule is CCNC(=NCC(c1ccco1)N1CCCCC1)N1CCC(N2CCOCC2)C1. The number of likely N-dealkylation sites (tertiary alicyclic amines) is 2. The molecule has 7 nitrogen and oxygen atoms in total. The fourth-order valence-corrected chi connectivity index (χ4v) is 4.87. The maximum atomic E-state index is 5.80. The molecule has 0 aliphatic carbocycles. The van der Waals surface area contributed by atoms with E-state index in [0.29, 0.717) is 6.04 Å². The highest BCUT2D eigenvalue weighted by Crippen LogP contribution is 2.26. The van der Waals surface area contributed by atoms with Gasteiger partial charge < -0.3 is 19.4 Å². The lowest BCUT2D eigenvalue weighted by molar-refractivity contribution is 0.0195. The number of guanidine groups is 1. The monoisotopic (exact) mass is 403 g/mol. The molecule has 0 bridgehead atoms. The summed E-state index contributed by atoms with van der Waals surface area (Å²) in [6.45, 7) is 12.0. The molecule has 4 rings (SSSR count). The van der Waals surface area contributed by atoms with Crippen molar-refractivity contribution in [1.29, 1.82) is 0 Å². The highest BCUT2D eigenvalue weighted by molar-refractivity contribution is 5.80. The van der Waals surface area contributed by atoms with Crippen LogP contribution in [0.15, 0.2) is 27.8 Å². The molecule has 0 spiro atoms. The molecular formula is C22H37N5O2. The molecule has 0 saturated carbocycles. The van der Waals surface area contributed by atoms with Crippen LogP contribution < -0.4 is 5.32 Å². The first-order chi connectivity index (χ1) is 14.3. The van der Waals surface area contributed by atoms with Gasteiger partial charge in [-0.3, -0.25) is 14.8 Å². The van der Waals surface area contributed by atoms with E-state index in [1.165, 1.54) is 25.7 Å². The second-order valence-electron chi connectivity index (χ2n) is 8.36. The molecule has 3 saturated heterocycles. The highest BCUT2D eigenvalue weighted by atomic mass is 16.5. The molecule has 3 fully saturated rings. The van der Waals surface area contributed by atoms with Gasteiger partial charge in [-0.2, -0.15) is 0 Å². The first-order valence-corrected chi connectivity index (χ1v) is 11.5. The summed E-state index contributed by atoms with van der Waals surface area (Å²) in [6.07, 6.45) is 6.87. The third-order valence-corrected chi connectivity index (χ3v) is 6.48. The van der Waals surface area contributed by atoms with Gasteiger partial charge in [-0.15, -0.1) is 0 Å².